The van der Waals surface area contributed by atoms with Crippen LogP contribution in [-0.2, 0) is 18.0 Å². The minimum Gasteiger partial charge on any atom is -0.297 e. The number of hydrogen-bond donors (Lipinski definition) is 1. The number of hydroxylamine groups is 1. The van der Waals surface area contributed by atoms with Crippen LogP contribution in [0.3, 0.4) is 0 Å². The fraction of sp³-hybridized carbons (Fsp3) is 0.438. The molecule has 1 fully saturated rings. The first kappa shape index (κ1) is 13.3. The minimum absolute atomic E-state index is 0.574. The van der Waals surface area contributed by atoms with E-state index in [4.69, 9.17) is 4.84 Å². The van der Waals surface area contributed by atoms with Crippen LogP contribution in [0.25, 0.3) is 0 Å². The lowest BCUT2D eigenvalue weighted by Crippen LogP contribution is -2.15. The van der Waals surface area contributed by atoms with Crippen LogP contribution in [0.15, 0.2) is 42.6 Å². The van der Waals surface area contributed by atoms with Crippen LogP contribution in [0, 0.1) is 0 Å². The van der Waals surface area contributed by atoms with Crippen molar-refractivity contribution < 1.29 is 4.84 Å². The van der Waals surface area contributed by atoms with E-state index >= 15 is 0 Å². The van der Waals surface area contributed by atoms with E-state index in [1.807, 2.05) is 18.2 Å². The van der Waals surface area contributed by atoms with E-state index < -0.39 is 0 Å². The van der Waals surface area contributed by atoms with Crippen molar-refractivity contribution in [1.82, 2.24) is 15.3 Å². The molecule has 0 radical (unpaired) electrons. The summed E-state index contributed by atoms with van der Waals surface area (Å²) < 4.78 is 2.11. The standard InChI is InChI=1S/C16H21N3O/c1-2-6-14(7-3-1)13-20-17-12-15-10-11-19(18-15)16-8-4-5-9-16/h1-3,6-7,10-11,16-17H,4-5,8-9,12-13H2. The molecular formula is C16H21N3O. The molecule has 1 aliphatic rings. The molecule has 2 aromatic rings. The second kappa shape index (κ2) is 6.68. The molecule has 0 amide bonds. The Labute approximate surface area is 119 Å². The van der Waals surface area contributed by atoms with E-state index in [1.165, 1.54) is 25.7 Å². The van der Waals surface area contributed by atoms with Crippen molar-refractivity contribution in [2.24, 2.45) is 0 Å². The van der Waals surface area contributed by atoms with Gasteiger partial charge in [0.15, 0.2) is 0 Å². The topological polar surface area (TPSA) is 39.1 Å². The molecule has 1 saturated carbocycles. The van der Waals surface area contributed by atoms with Crippen LogP contribution in [0.1, 0.15) is 43.0 Å². The first-order valence-electron chi connectivity index (χ1n) is 7.34. The Morgan fingerprint density at radius 1 is 1.15 bits per heavy atom. The van der Waals surface area contributed by atoms with Gasteiger partial charge in [-0.2, -0.15) is 10.6 Å². The maximum Gasteiger partial charge on any atom is 0.0933 e. The van der Waals surface area contributed by atoms with Crippen LogP contribution >= 0.6 is 0 Å². The molecule has 106 valence electrons. The molecule has 1 heterocycles. The van der Waals surface area contributed by atoms with E-state index in [2.05, 4.69) is 39.7 Å². The van der Waals surface area contributed by atoms with Gasteiger partial charge in [-0.1, -0.05) is 43.2 Å². The predicted octanol–water partition coefficient (Wildman–Crippen LogP) is 3.22. The number of aromatic nitrogens is 2. The summed E-state index contributed by atoms with van der Waals surface area (Å²) in [5.74, 6) is 0. The average Bonchev–Trinajstić information content (AvgIpc) is 3.15. The molecule has 3 rings (SSSR count). The van der Waals surface area contributed by atoms with Gasteiger partial charge in [0, 0.05) is 6.20 Å². The molecule has 20 heavy (non-hydrogen) atoms. The Kier molecular flexibility index (Phi) is 4.46. The molecule has 1 aromatic heterocycles. The zero-order valence-electron chi connectivity index (χ0n) is 11.7. The van der Waals surface area contributed by atoms with Crippen molar-refractivity contribution in [2.75, 3.05) is 0 Å². The maximum absolute atomic E-state index is 5.46. The summed E-state index contributed by atoms with van der Waals surface area (Å²) in [6, 6.07) is 12.8. The zero-order valence-corrected chi connectivity index (χ0v) is 11.7. The minimum atomic E-state index is 0.574. The highest BCUT2D eigenvalue weighted by atomic mass is 16.6. The van der Waals surface area contributed by atoms with Crippen LogP contribution < -0.4 is 5.48 Å². The number of nitrogens with zero attached hydrogens (tertiary/aromatic N) is 2. The highest BCUT2D eigenvalue weighted by Crippen LogP contribution is 2.28. The van der Waals surface area contributed by atoms with Crippen LogP contribution in [-0.4, -0.2) is 9.78 Å². The van der Waals surface area contributed by atoms with E-state index in [1.54, 1.807) is 0 Å². The van der Waals surface area contributed by atoms with Gasteiger partial charge in [0.25, 0.3) is 0 Å². The van der Waals surface area contributed by atoms with Gasteiger partial charge in [0.1, 0.15) is 0 Å². The summed E-state index contributed by atoms with van der Waals surface area (Å²) in [5.41, 5.74) is 5.17. The first-order valence-corrected chi connectivity index (χ1v) is 7.34. The molecule has 4 nitrogen and oxygen atoms in total. The van der Waals surface area contributed by atoms with E-state index in [9.17, 15) is 0 Å². The number of rotatable bonds is 6. The summed E-state index contributed by atoms with van der Waals surface area (Å²) in [6.45, 7) is 1.22. The fourth-order valence-electron chi connectivity index (χ4n) is 2.68. The highest BCUT2D eigenvalue weighted by Gasteiger charge is 2.17. The van der Waals surface area contributed by atoms with Gasteiger partial charge in [-0.15, -0.1) is 0 Å². The van der Waals surface area contributed by atoms with Crippen molar-refractivity contribution >= 4 is 0 Å². The summed E-state index contributed by atoms with van der Waals surface area (Å²) in [4.78, 5) is 5.46. The molecule has 1 aromatic carbocycles. The zero-order chi connectivity index (χ0) is 13.6. The van der Waals surface area contributed by atoms with E-state index in [-0.39, 0.29) is 0 Å². The Bertz CT molecular complexity index is 518. The Morgan fingerprint density at radius 2 is 1.95 bits per heavy atom. The quantitative estimate of drug-likeness (QED) is 0.647. The predicted molar refractivity (Wildman–Crippen MR) is 77.8 cm³/mol. The third-order valence-electron chi connectivity index (χ3n) is 3.80. The molecule has 0 unspecified atom stereocenters. The second-order valence-corrected chi connectivity index (χ2v) is 5.32. The second-order valence-electron chi connectivity index (χ2n) is 5.32. The summed E-state index contributed by atoms with van der Waals surface area (Å²) in [5, 5.41) is 4.61. The van der Waals surface area contributed by atoms with Gasteiger partial charge in [-0.25, -0.2) is 0 Å². The SMILES string of the molecule is c1ccc(CONCc2ccn(C3CCCC3)n2)cc1. The maximum atomic E-state index is 5.46. The Balaban J connectivity index is 1.42. The van der Waals surface area contributed by atoms with Gasteiger partial charge in [0.05, 0.1) is 24.9 Å². The van der Waals surface area contributed by atoms with Crippen LogP contribution in [0.2, 0.25) is 0 Å². The van der Waals surface area contributed by atoms with Gasteiger partial charge >= 0.3 is 0 Å². The third-order valence-corrected chi connectivity index (χ3v) is 3.80. The van der Waals surface area contributed by atoms with Crippen molar-refractivity contribution in [3.63, 3.8) is 0 Å². The van der Waals surface area contributed by atoms with Gasteiger partial charge in [0.2, 0.25) is 0 Å². The number of nitrogens with one attached hydrogen (secondary N) is 1. The fourth-order valence-corrected chi connectivity index (χ4v) is 2.68. The van der Waals surface area contributed by atoms with E-state index in [0.717, 1.165) is 11.3 Å². The number of hydrogen-bond acceptors (Lipinski definition) is 3. The number of benzene rings is 1. The molecule has 1 N–H and O–H groups in total. The first-order chi connectivity index (χ1) is 9.92. The molecule has 1 aliphatic carbocycles. The van der Waals surface area contributed by atoms with Crippen molar-refractivity contribution in [2.45, 2.75) is 44.9 Å². The monoisotopic (exact) mass is 271 g/mol. The lowest BCUT2D eigenvalue weighted by molar-refractivity contribution is 0.0227. The van der Waals surface area contributed by atoms with Crippen LogP contribution in [0.5, 0.6) is 0 Å². The molecule has 0 atom stereocenters. The molecule has 4 heteroatoms. The molecule has 0 aliphatic heterocycles. The highest BCUT2D eigenvalue weighted by molar-refractivity contribution is 5.13. The molecule has 0 saturated heterocycles. The van der Waals surface area contributed by atoms with Gasteiger partial charge in [-0.3, -0.25) is 9.52 Å². The van der Waals surface area contributed by atoms with Gasteiger partial charge < -0.3 is 0 Å². The van der Waals surface area contributed by atoms with Gasteiger partial charge in [-0.05, 0) is 24.5 Å². The van der Waals surface area contributed by atoms with Crippen molar-refractivity contribution in [3.8, 4) is 0 Å². The lowest BCUT2D eigenvalue weighted by atomic mass is 10.2. The van der Waals surface area contributed by atoms with Crippen molar-refractivity contribution in [1.29, 1.82) is 0 Å². The van der Waals surface area contributed by atoms with Crippen molar-refractivity contribution in [3.05, 3.63) is 53.9 Å². The molecular weight excluding hydrogens is 250 g/mol. The summed E-state index contributed by atoms with van der Waals surface area (Å²) in [7, 11) is 0. The molecule has 0 spiro atoms. The largest absolute Gasteiger partial charge is 0.297 e. The summed E-state index contributed by atoms with van der Waals surface area (Å²) >= 11 is 0. The smallest absolute Gasteiger partial charge is 0.0933 e. The average molecular weight is 271 g/mol. The Hall–Kier alpha value is -1.65. The van der Waals surface area contributed by atoms with Crippen LogP contribution in [0.4, 0.5) is 0 Å². The Morgan fingerprint density at radius 3 is 2.75 bits per heavy atom. The lowest BCUT2D eigenvalue weighted by Gasteiger charge is -2.09. The van der Waals surface area contributed by atoms with E-state index in [0.29, 0.717) is 19.2 Å². The summed E-state index contributed by atoms with van der Waals surface area (Å²) in [6.07, 6.45) is 7.28. The third kappa shape index (κ3) is 3.46. The molecule has 0 bridgehead atoms. The normalized spacial score (nSPS) is 15.8.